The third-order valence-electron chi connectivity index (χ3n) is 2.55. The fourth-order valence-electron chi connectivity index (χ4n) is 1.60. The van der Waals surface area contributed by atoms with Gasteiger partial charge < -0.3 is 9.58 Å². The maximum absolute atomic E-state index is 12.4. The van der Waals surface area contributed by atoms with E-state index >= 15 is 0 Å². The summed E-state index contributed by atoms with van der Waals surface area (Å²) in [7, 11) is 1.41. The van der Waals surface area contributed by atoms with E-state index in [1.54, 1.807) is 0 Å². The average molecular weight is 279 g/mol. The highest BCUT2D eigenvalue weighted by Crippen LogP contribution is 2.33. The summed E-state index contributed by atoms with van der Waals surface area (Å²) < 4.78 is 42.4. The molecule has 2 aromatic rings. The van der Waals surface area contributed by atoms with Crippen LogP contribution in [-0.2, 0) is 6.18 Å². The van der Waals surface area contributed by atoms with E-state index in [4.69, 9.17) is 11.3 Å². The molecule has 0 bridgehead atoms. The van der Waals surface area contributed by atoms with Crippen LogP contribution >= 0.6 is 0 Å². The monoisotopic (exact) mass is 279 g/mol. The first-order valence-electron chi connectivity index (χ1n) is 5.41. The van der Waals surface area contributed by atoms with E-state index in [1.165, 1.54) is 25.4 Å². The second-order valence-corrected chi connectivity index (χ2v) is 3.78. The third kappa shape index (κ3) is 2.69. The Morgan fingerprint density at radius 1 is 1.20 bits per heavy atom. The van der Waals surface area contributed by atoms with Gasteiger partial charge in [-0.25, -0.2) is 0 Å². The molecular formula is C13H8F3N3O. The average Bonchev–Trinajstić information content (AvgIpc) is 2.45. The van der Waals surface area contributed by atoms with Crippen LogP contribution in [-0.4, -0.2) is 17.1 Å². The molecule has 0 atom stereocenters. The predicted molar refractivity (Wildman–Crippen MR) is 65.3 cm³/mol. The zero-order valence-electron chi connectivity index (χ0n) is 10.3. The smallest absolute Gasteiger partial charge is 0.433 e. The van der Waals surface area contributed by atoms with Crippen LogP contribution in [0.1, 0.15) is 5.69 Å². The van der Waals surface area contributed by atoms with E-state index in [-0.39, 0.29) is 5.82 Å². The maximum Gasteiger partial charge on any atom is 0.433 e. The summed E-state index contributed by atoms with van der Waals surface area (Å²) >= 11 is 0. The van der Waals surface area contributed by atoms with E-state index in [0.717, 1.165) is 12.3 Å². The summed E-state index contributed by atoms with van der Waals surface area (Å²) in [4.78, 5) is 10.4. The molecule has 7 heteroatoms. The first-order valence-corrected chi connectivity index (χ1v) is 5.41. The standard InChI is InChI=1S/C13H8F3N3O/c1-17-12-5-9(10(20-2)7-19-12)8-3-4-11(18-6-8)13(14,15)16/h3-7H,2H3. The second kappa shape index (κ2) is 5.17. The van der Waals surface area contributed by atoms with Gasteiger partial charge in [-0.3, -0.25) is 4.98 Å². The van der Waals surface area contributed by atoms with Crippen molar-refractivity contribution in [2.45, 2.75) is 6.18 Å². The number of pyridine rings is 2. The van der Waals surface area contributed by atoms with Gasteiger partial charge in [0.2, 0.25) is 0 Å². The number of halogens is 3. The quantitative estimate of drug-likeness (QED) is 0.786. The molecule has 20 heavy (non-hydrogen) atoms. The van der Waals surface area contributed by atoms with Crippen LogP contribution in [0.5, 0.6) is 5.75 Å². The zero-order chi connectivity index (χ0) is 14.8. The molecule has 0 saturated carbocycles. The fourth-order valence-corrected chi connectivity index (χ4v) is 1.60. The van der Waals surface area contributed by atoms with Crippen molar-refractivity contribution in [2.75, 3.05) is 7.11 Å². The molecule has 0 radical (unpaired) electrons. The fraction of sp³-hybridized carbons (Fsp3) is 0.154. The molecule has 2 rings (SSSR count). The number of nitrogens with zero attached hydrogens (tertiary/aromatic N) is 3. The topological polar surface area (TPSA) is 39.4 Å². The lowest BCUT2D eigenvalue weighted by Gasteiger charge is -2.09. The predicted octanol–water partition coefficient (Wildman–Crippen LogP) is 3.72. The zero-order valence-corrected chi connectivity index (χ0v) is 10.3. The molecule has 0 spiro atoms. The van der Waals surface area contributed by atoms with E-state index in [0.29, 0.717) is 16.9 Å². The Balaban J connectivity index is 2.49. The molecule has 2 heterocycles. The summed E-state index contributed by atoms with van der Waals surface area (Å²) in [6.45, 7) is 6.90. The van der Waals surface area contributed by atoms with Gasteiger partial charge in [-0.05, 0) is 12.1 Å². The molecule has 0 unspecified atom stereocenters. The lowest BCUT2D eigenvalue weighted by Crippen LogP contribution is -2.07. The molecule has 0 aliphatic rings. The van der Waals surface area contributed by atoms with E-state index in [2.05, 4.69) is 14.8 Å². The number of hydrogen-bond acceptors (Lipinski definition) is 3. The molecule has 0 fully saturated rings. The van der Waals surface area contributed by atoms with Crippen LogP contribution in [0.25, 0.3) is 16.0 Å². The molecule has 102 valence electrons. The van der Waals surface area contributed by atoms with Gasteiger partial charge in [-0.1, -0.05) is 12.6 Å². The summed E-state index contributed by atoms with van der Waals surface area (Å²) in [6, 6.07) is 3.60. The van der Waals surface area contributed by atoms with Gasteiger partial charge in [0.1, 0.15) is 5.69 Å². The second-order valence-electron chi connectivity index (χ2n) is 3.78. The molecule has 0 amide bonds. The van der Waals surface area contributed by atoms with Crippen molar-refractivity contribution >= 4 is 5.82 Å². The Bertz CT molecular complexity index is 660. The van der Waals surface area contributed by atoms with E-state index in [9.17, 15) is 13.2 Å². The van der Waals surface area contributed by atoms with Crippen LogP contribution in [0.15, 0.2) is 30.6 Å². The van der Waals surface area contributed by atoms with Gasteiger partial charge in [0.25, 0.3) is 5.82 Å². The number of aromatic nitrogens is 2. The Morgan fingerprint density at radius 2 is 1.95 bits per heavy atom. The van der Waals surface area contributed by atoms with Crippen molar-refractivity contribution in [1.82, 2.24) is 9.97 Å². The van der Waals surface area contributed by atoms with Crippen molar-refractivity contribution < 1.29 is 17.9 Å². The first kappa shape index (κ1) is 13.8. The van der Waals surface area contributed by atoms with Gasteiger partial charge in [0.05, 0.1) is 7.11 Å². The van der Waals surface area contributed by atoms with Crippen LogP contribution in [0.2, 0.25) is 0 Å². The Hall–Kier alpha value is -2.62. The SMILES string of the molecule is [C-]#[N+]c1cc(-c2ccc(C(F)(F)F)nc2)c(OC)cn1. The minimum Gasteiger partial charge on any atom is -0.492 e. The van der Waals surface area contributed by atoms with Gasteiger partial charge in [-0.15, -0.1) is 4.98 Å². The first-order chi connectivity index (χ1) is 9.45. The van der Waals surface area contributed by atoms with Crippen molar-refractivity contribution in [3.63, 3.8) is 0 Å². The number of hydrogen-bond donors (Lipinski definition) is 0. The summed E-state index contributed by atoms with van der Waals surface area (Å²) in [5.41, 5.74) is -0.0865. The number of ether oxygens (including phenoxy) is 1. The van der Waals surface area contributed by atoms with E-state index < -0.39 is 11.9 Å². The molecule has 0 saturated heterocycles. The number of methoxy groups -OCH3 is 1. The summed E-state index contributed by atoms with van der Waals surface area (Å²) in [6.07, 6.45) is -2.04. The van der Waals surface area contributed by atoms with Gasteiger partial charge >= 0.3 is 6.18 Å². The molecule has 0 aromatic carbocycles. The summed E-state index contributed by atoms with van der Waals surface area (Å²) in [5, 5.41) is 0. The molecule has 4 nitrogen and oxygen atoms in total. The Labute approximate surface area is 112 Å². The van der Waals surface area contributed by atoms with E-state index in [1.807, 2.05) is 0 Å². The minimum absolute atomic E-state index is 0.126. The minimum atomic E-state index is -4.48. The van der Waals surface area contributed by atoms with Crippen LogP contribution in [0.4, 0.5) is 19.0 Å². The molecule has 0 aliphatic carbocycles. The summed E-state index contributed by atoms with van der Waals surface area (Å²) in [5.74, 6) is 0.486. The molecule has 0 N–H and O–H groups in total. The largest absolute Gasteiger partial charge is 0.492 e. The third-order valence-corrected chi connectivity index (χ3v) is 2.55. The Kier molecular flexibility index (Phi) is 3.57. The normalized spacial score (nSPS) is 10.9. The molecular weight excluding hydrogens is 271 g/mol. The van der Waals surface area contributed by atoms with Crippen molar-refractivity contribution in [1.29, 1.82) is 0 Å². The Morgan fingerprint density at radius 3 is 2.45 bits per heavy atom. The van der Waals surface area contributed by atoms with Gasteiger partial charge in [-0.2, -0.15) is 13.2 Å². The van der Waals surface area contributed by atoms with Crippen molar-refractivity contribution in [2.24, 2.45) is 0 Å². The highest BCUT2D eigenvalue weighted by Gasteiger charge is 2.32. The van der Waals surface area contributed by atoms with Crippen LogP contribution in [0.3, 0.4) is 0 Å². The lowest BCUT2D eigenvalue weighted by atomic mass is 10.1. The number of alkyl halides is 3. The molecule has 0 aliphatic heterocycles. The van der Waals surface area contributed by atoms with Gasteiger partial charge in [0, 0.05) is 17.3 Å². The maximum atomic E-state index is 12.4. The lowest BCUT2D eigenvalue weighted by molar-refractivity contribution is -0.141. The molecule has 2 aromatic heterocycles. The van der Waals surface area contributed by atoms with Crippen molar-refractivity contribution in [3.05, 3.63) is 47.7 Å². The van der Waals surface area contributed by atoms with Crippen LogP contribution in [0, 0.1) is 6.57 Å². The number of rotatable bonds is 2. The highest BCUT2D eigenvalue weighted by atomic mass is 19.4. The van der Waals surface area contributed by atoms with Crippen LogP contribution < -0.4 is 4.74 Å². The highest BCUT2D eigenvalue weighted by molar-refractivity contribution is 5.72. The van der Waals surface area contributed by atoms with Crippen molar-refractivity contribution in [3.8, 4) is 16.9 Å². The van der Waals surface area contributed by atoms with Gasteiger partial charge in [0.15, 0.2) is 11.9 Å².